The maximum atomic E-state index is 2.31. The molecule has 43 heavy (non-hydrogen) atoms. The highest BCUT2D eigenvalue weighted by Gasteiger charge is 2.12. The van der Waals surface area contributed by atoms with Gasteiger partial charge in [-0.05, 0) is 35.0 Å². The Kier molecular flexibility index (Phi) is 98.9. The molecule has 0 atom stereocenters. The third-order valence-corrected chi connectivity index (χ3v) is 4.89. The molecule has 2 fully saturated rings. The highest BCUT2D eigenvalue weighted by Crippen LogP contribution is 2.26. The van der Waals surface area contributed by atoms with E-state index < -0.39 is 0 Å². The first-order valence-electron chi connectivity index (χ1n) is 19.8. The topological polar surface area (TPSA) is 0 Å². The lowest BCUT2D eigenvalue weighted by atomic mass is 9.88. The summed E-state index contributed by atoms with van der Waals surface area (Å²) in [6, 6.07) is 0. The lowest BCUT2D eigenvalue weighted by Crippen LogP contribution is -2.04. The van der Waals surface area contributed by atoms with Gasteiger partial charge in [0.05, 0.1) is 0 Å². The Morgan fingerprint density at radius 1 is 0.465 bits per heavy atom. The molecule has 0 radical (unpaired) electrons. The first-order chi connectivity index (χ1) is 19.8. The summed E-state index contributed by atoms with van der Waals surface area (Å²) in [5.41, 5.74) is 0.500. The molecule has 0 heteroatoms. The summed E-state index contributed by atoms with van der Waals surface area (Å²) in [7, 11) is 0. The summed E-state index contributed by atoms with van der Waals surface area (Å²) in [5.74, 6) is 4.75. The van der Waals surface area contributed by atoms with Crippen molar-refractivity contribution in [3.8, 4) is 0 Å². The number of hydrogen-bond acceptors (Lipinski definition) is 0. The molecule has 0 spiro atoms. The average Bonchev–Trinajstić information content (AvgIpc) is 3.72. The number of unbranched alkanes of at least 4 members (excludes halogenated alkanes) is 2. The van der Waals surface area contributed by atoms with Crippen LogP contribution in [0, 0.1) is 35.0 Å². The third-order valence-electron chi connectivity index (χ3n) is 4.89. The molecule has 0 saturated heterocycles. The van der Waals surface area contributed by atoms with Crippen molar-refractivity contribution in [2.24, 2.45) is 35.0 Å². The molecule has 0 N–H and O–H groups in total. The molecule has 0 amide bonds. The van der Waals surface area contributed by atoms with E-state index >= 15 is 0 Å². The first kappa shape index (κ1) is 65.6. The Labute approximate surface area is 284 Å². The van der Waals surface area contributed by atoms with E-state index in [1.165, 1.54) is 77.0 Å². The van der Waals surface area contributed by atoms with Crippen LogP contribution in [-0.4, -0.2) is 0 Å². The van der Waals surface area contributed by atoms with E-state index in [1.54, 1.807) is 0 Å². The lowest BCUT2D eigenvalue weighted by molar-refractivity contribution is 0.346. The fraction of sp³-hybridized carbons (Fsp3) is 1.00. The molecule has 0 aromatic heterocycles. The standard InChI is InChI=1S/C5H10.3C5H12.C4H8.3C4H10.C3H8.2C2H6/c1-5-3-2-4-5;1-5(2,3)4;2*1-4-5(2)3;1-4-2-3-4;1-4(2)3;2*1-3-4-2;1-3-2;2*1-2/h5H,2-4H2,1H3;1-4H3;2*5H,4H2,1-3H3;4H,2-3H2,1H3;4H,1-3H3;2*3-4H2,1-2H3;3H2,1-2H3;2*1-2H3. The third kappa shape index (κ3) is 299. The number of hydrogen-bond donors (Lipinski definition) is 0. The Balaban J connectivity index is -0.0000000427. The van der Waals surface area contributed by atoms with Crippen LogP contribution in [-0.2, 0) is 0 Å². The second-order valence-corrected chi connectivity index (χ2v) is 14.8. The highest BCUT2D eigenvalue weighted by molar-refractivity contribution is 4.65. The van der Waals surface area contributed by atoms with E-state index in [0.717, 1.165) is 29.6 Å². The molecule has 2 saturated carbocycles. The van der Waals surface area contributed by atoms with Crippen LogP contribution in [0.2, 0.25) is 0 Å². The van der Waals surface area contributed by atoms with Gasteiger partial charge in [0.2, 0.25) is 0 Å². The zero-order valence-corrected chi connectivity index (χ0v) is 36.9. The highest BCUT2D eigenvalue weighted by atomic mass is 14.2. The van der Waals surface area contributed by atoms with Gasteiger partial charge < -0.3 is 0 Å². The van der Waals surface area contributed by atoms with Gasteiger partial charge >= 0.3 is 0 Å². The molecule has 276 valence electrons. The molecule has 2 aliphatic rings. The molecule has 0 bridgehead atoms. The minimum absolute atomic E-state index is 0.500. The van der Waals surface area contributed by atoms with Crippen molar-refractivity contribution in [2.45, 2.75) is 250 Å². The Bertz CT molecular complexity index is 279. The van der Waals surface area contributed by atoms with Gasteiger partial charge in [-0.25, -0.2) is 0 Å². The van der Waals surface area contributed by atoms with E-state index in [1.807, 2.05) is 27.7 Å². The summed E-state index contributed by atoms with van der Waals surface area (Å²) in [4.78, 5) is 0. The zero-order valence-electron chi connectivity index (χ0n) is 36.9. The van der Waals surface area contributed by atoms with Gasteiger partial charge in [0.15, 0.2) is 0 Å². The Hall–Kier alpha value is 0. The first-order valence-corrected chi connectivity index (χ1v) is 19.8. The van der Waals surface area contributed by atoms with Crippen molar-refractivity contribution in [1.29, 1.82) is 0 Å². The van der Waals surface area contributed by atoms with Crippen molar-refractivity contribution in [3.05, 3.63) is 0 Å². The molecular formula is C43H104. The fourth-order valence-electron chi connectivity index (χ4n) is 0.779. The van der Waals surface area contributed by atoms with E-state index in [4.69, 9.17) is 0 Å². The minimum Gasteiger partial charge on any atom is -0.0683 e. The SMILES string of the molecule is CC.CC.CC(C)(C)C.CC(C)C.CC1CC1.CC1CCC1.CCC.CCC(C)C.CCC(C)C.CCCC.CCCC. The molecule has 0 aromatic rings. The molecule has 0 unspecified atom stereocenters. The Morgan fingerprint density at radius 3 is 0.581 bits per heavy atom. The van der Waals surface area contributed by atoms with Gasteiger partial charge in [0.1, 0.15) is 0 Å². The minimum atomic E-state index is 0.500. The molecule has 0 aliphatic heterocycles. The van der Waals surface area contributed by atoms with Crippen molar-refractivity contribution < 1.29 is 0 Å². The van der Waals surface area contributed by atoms with Gasteiger partial charge in [-0.1, -0.05) is 250 Å². The van der Waals surface area contributed by atoms with Crippen molar-refractivity contribution >= 4 is 0 Å². The quantitative estimate of drug-likeness (QED) is 0.293. The normalized spacial score (nSPS) is 12.0. The molecule has 2 rings (SSSR count). The zero-order chi connectivity index (χ0) is 36.9. The van der Waals surface area contributed by atoms with Gasteiger partial charge in [-0.2, -0.15) is 0 Å². The summed E-state index contributed by atoms with van der Waals surface area (Å²) in [5, 5.41) is 0. The van der Waals surface area contributed by atoms with E-state index in [0.29, 0.717) is 5.41 Å². The molecular weight excluding hydrogens is 516 g/mol. The van der Waals surface area contributed by atoms with Crippen molar-refractivity contribution in [1.82, 2.24) is 0 Å². The fourth-order valence-corrected chi connectivity index (χ4v) is 0.779. The summed E-state index contributed by atoms with van der Waals surface area (Å²) in [6.07, 6.45) is 16.6. The van der Waals surface area contributed by atoms with Crippen LogP contribution in [0.1, 0.15) is 250 Å². The van der Waals surface area contributed by atoms with Crippen LogP contribution in [0.3, 0.4) is 0 Å². The molecule has 0 nitrogen and oxygen atoms in total. The average molecular weight is 621 g/mol. The predicted molar refractivity (Wildman–Crippen MR) is 217 cm³/mol. The van der Waals surface area contributed by atoms with Crippen LogP contribution in [0.5, 0.6) is 0 Å². The van der Waals surface area contributed by atoms with E-state index in [2.05, 4.69) is 145 Å². The van der Waals surface area contributed by atoms with Crippen LogP contribution in [0.4, 0.5) is 0 Å². The molecule has 0 heterocycles. The van der Waals surface area contributed by atoms with Crippen LogP contribution >= 0.6 is 0 Å². The largest absolute Gasteiger partial charge is 0.0683 e. The molecule has 0 aromatic carbocycles. The summed E-state index contributed by atoms with van der Waals surface area (Å²) in [6.45, 7) is 54.1. The second kappa shape index (κ2) is 64.8. The van der Waals surface area contributed by atoms with Crippen LogP contribution in [0.15, 0.2) is 0 Å². The van der Waals surface area contributed by atoms with E-state index in [9.17, 15) is 0 Å². The molecule has 2 aliphatic carbocycles. The maximum Gasteiger partial charge on any atom is -0.0411 e. The maximum absolute atomic E-state index is 2.31. The van der Waals surface area contributed by atoms with Crippen molar-refractivity contribution in [2.75, 3.05) is 0 Å². The van der Waals surface area contributed by atoms with Gasteiger partial charge in [-0.3, -0.25) is 0 Å². The Morgan fingerprint density at radius 2 is 0.581 bits per heavy atom. The van der Waals surface area contributed by atoms with Gasteiger partial charge in [0, 0.05) is 0 Å². The van der Waals surface area contributed by atoms with Gasteiger partial charge in [0.25, 0.3) is 0 Å². The predicted octanol–water partition coefficient (Wildman–Crippen LogP) is 18.1. The summed E-state index contributed by atoms with van der Waals surface area (Å²) >= 11 is 0. The van der Waals surface area contributed by atoms with Crippen LogP contribution in [0.25, 0.3) is 0 Å². The second-order valence-electron chi connectivity index (χ2n) is 14.8. The monoisotopic (exact) mass is 621 g/mol. The lowest BCUT2D eigenvalue weighted by Gasteiger charge is -2.18. The smallest absolute Gasteiger partial charge is 0.0411 e. The van der Waals surface area contributed by atoms with Crippen molar-refractivity contribution in [3.63, 3.8) is 0 Å². The summed E-state index contributed by atoms with van der Waals surface area (Å²) < 4.78 is 0. The number of rotatable bonds is 4. The van der Waals surface area contributed by atoms with Crippen LogP contribution < -0.4 is 0 Å². The van der Waals surface area contributed by atoms with E-state index in [-0.39, 0.29) is 0 Å². The van der Waals surface area contributed by atoms with Gasteiger partial charge in [-0.15, -0.1) is 0 Å².